The van der Waals surface area contributed by atoms with E-state index in [-0.39, 0.29) is 60.1 Å². The number of benzene rings is 2. The molecule has 1 fully saturated rings. The number of rotatable bonds is 12. The number of hydrogen-bond donors (Lipinski definition) is 4. The first kappa shape index (κ1) is 32.0. The van der Waals surface area contributed by atoms with E-state index >= 15 is 0 Å². The third kappa shape index (κ3) is 7.33. The Balaban J connectivity index is 1.53. The molecule has 4 rings (SSSR count). The van der Waals surface area contributed by atoms with Crippen LogP contribution in [-0.2, 0) is 20.9 Å². The summed E-state index contributed by atoms with van der Waals surface area (Å²) in [6, 6.07) is 8.70. The molecule has 1 aliphatic rings. The van der Waals surface area contributed by atoms with Crippen molar-refractivity contribution in [2.45, 2.75) is 65.1 Å². The zero-order valence-corrected chi connectivity index (χ0v) is 24.9. The number of carbonyl (C=O) groups is 4. The van der Waals surface area contributed by atoms with Crippen molar-refractivity contribution in [3.05, 3.63) is 63.5 Å². The topological polar surface area (TPSA) is 194 Å². The molecule has 0 saturated carbocycles. The maximum absolute atomic E-state index is 13.9. The molecule has 2 heterocycles. The van der Waals surface area contributed by atoms with Crippen LogP contribution in [0.3, 0.4) is 0 Å². The van der Waals surface area contributed by atoms with E-state index in [1.165, 1.54) is 11.0 Å². The fraction of sp³-hybridized carbons (Fsp3) is 0.419. The van der Waals surface area contributed by atoms with E-state index in [0.29, 0.717) is 24.9 Å². The number of aryl methyl sites for hydroxylation is 1. The van der Waals surface area contributed by atoms with Gasteiger partial charge in [0.1, 0.15) is 12.6 Å². The number of amides is 2. The lowest BCUT2D eigenvalue weighted by atomic mass is 9.95. The number of nitrogens with zero attached hydrogens (tertiary/aromatic N) is 2. The second-order valence-corrected chi connectivity index (χ2v) is 11.1. The molecule has 0 radical (unpaired) electrons. The van der Waals surface area contributed by atoms with Gasteiger partial charge in [-0.15, -0.1) is 0 Å². The number of ether oxygens (including phenoxy) is 1. The molecule has 5 N–H and O–H groups in total. The highest BCUT2D eigenvalue weighted by Gasteiger charge is 2.40. The Morgan fingerprint density at radius 3 is 2.61 bits per heavy atom. The molecule has 0 bridgehead atoms. The molecule has 13 nitrogen and oxygen atoms in total. The molecule has 2 atom stereocenters. The van der Waals surface area contributed by atoms with Crippen LogP contribution >= 0.6 is 0 Å². The van der Waals surface area contributed by atoms with Crippen molar-refractivity contribution in [3.63, 3.8) is 0 Å². The number of carbonyl (C=O) groups excluding carboxylic acids is 3. The third-order valence-electron chi connectivity index (χ3n) is 7.59. The highest BCUT2D eigenvalue weighted by molar-refractivity contribution is 6.09. The van der Waals surface area contributed by atoms with Crippen LogP contribution in [0, 0.1) is 12.8 Å². The Kier molecular flexibility index (Phi) is 10.2. The first-order chi connectivity index (χ1) is 21.0. The van der Waals surface area contributed by atoms with Crippen molar-refractivity contribution in [2.24, 2.45) is 5.92 Å². The molecule has 44 heavy (non-hydrogen) atoms. The number of hydrogen-bond acceptors (Lipinski definition) is 10. The predicted octanol–water partition coefficient (Wildman–Crippen LogP) is 3.48. The smallest absolute Gasteiger partial charge is 0.408 e. The Morgan fingerprint density at radius 2 is 1.93 bits per heavy atom. The maximum Gasteiger partial charge on any atom is 0.408 e. The Bertz CT molecular complexity index is 1600. The van der Waals surface area contributed by atoms with Crippen molar-refractivity contribution in [2.75, 3.05) is 24.1 Å². The number of nitrogens with one attached hydrogen (secondary N) is 2. The van der Waals surface area contributed by atoms with Gasteiger partial charge in [-0.3, -0.25) is 14.4 Å². The number of carboxylic acid groups (broad SMARTS) is 1. The van der Waals surface area contributed by atoms with E-state index in [0.717, 1.165) is 5.56 Å². The van der Waals surface area contributed by atoms with Crippen molar-refractivity contribution >= 4 is 46.4 Å². The van der Waals surface area contributed by atoms with Gasteiger partial charge in [0.05, 0.1) is 16.9 Å². The molecule has 1 saturated heterocycles. The van der Waals surface area contributed by atoms with Gasteiger partial charge in [0.2, 0.25) is 5.91 Å². The molecule has 0 unspecified atom stereocenters. The van der Waals surface area contributed by atoms with Gasteiger partial charge in [0.15, 0.2) is 5.78 Å². The Labute approximate surface area is 253 Å². The van der Waals surface area contributed by atoms with E-state index in [2.05, 4.69) is 15.6 Å². The monoisotopic (exact) mass is 607 g/mol. The molecule has 0 aliphatic carbocycles. The molecule has 234 valence electrons. The molecular weight excluding hydrogens is 570 g/mol. The normalized spacial score (nSPS) is 15.3. The minimum Gasteiger partial charge on any atom is -0.481 e. The van der Waals surface area contributed by atoms with Crippen LogP contribution in [-0.4, -0.2) is 63.9 Å². The number of Topliss-reactive ketones (excluding diaryl/α,β-unsaturated/α-hetero) is 1. The molecule has 1 aliphatic heterocycles. The first-order valence-corrected chi connectivity index (χ1v) is 14.5. The molecular formula is C31H37N5O8. The van der Waals surface area contributed by atoms with E-state index < -0.39 is 41.5 Å². The fourth-order valence-electron chi connectivity index (χ4n) is 5.21. The van der Waals surface area contributed by atoms with Gasteiger partial charge in [0, 0.05) is 30.8 Å². The van der Waals surface area contributed by atoms with Crippen molar-refractivity contribution < 1.29 is 33.4 Å². The summed E-state index contributed by atoms with van der Waals surface area (Å²) >= 11 is 0. The number of nitrogen functional groups attached to an aromatic ring is 1. The summed E-state index contributed by atoms with van der Waals surface area (Å²) in [6.45, 7) is 5.74. The van der Waals surface area contributed by atoms with E-state index in [4.69, 9.17) is 20.0 Å². The standard InChI is InChI=1S/C31H37N5O8/c1-17(2)26(35-31(42)43-16-19-9-5-4-6-10-19)28(40)36-14-8-11-22(36)27(39)20-15-21-24(18(3)25(20)32)29(41)44-30(34-21)33-13-7-12-23(37)38/h4-6,9-10,15,17,22,26H,7-8,11-14,16,32H2,1-3H3,(H,33,34)(H,35,42)(H,37,38)/t22-,26-/m0/s1. The molecule has 2 amide bonds. The lowest BCUT2D eigenvalue weighted by Gasteiger charge is -2.30. The fourth-order valence-corrected chi connectivity index (χ4v) is 5.21. The van der Waals surface area contributed by atoms with E-state index in [1.54, 1.807) is 20.8 Å². The SMILES string of the molecule is Cc1c(N)c(C(=O)[C@@H]2CCCN2C(=O)[C@@H](NC(=O)OCc2ccccc2)C(C)C)cc2nc(NCCCC(=O)O)oc(=O)c12. The average Bonchev–Trinajstić information content (AvgIpc) is 3.48. The lowest BCUT2D eigenvalue weighted by Crippen LogP contribution is -2.53. The predicted molar refractivity (Wildman–Crippen MR) is 162 cm³/mol. The van der Waals surface area contributed by atoms with Gasteiger partial charge < -0.3 is 35.5 Å². The lowest BCUT2D eigenvalue weighted by molar-refractivity contribution is -0.137. The van der Waals surface area contributed by atoms with Crippen molar-refractivity contribution in [1.82, 2.24) is 15.2 Å². The third-order valence-corrected chi connectivity index (χ3v) is 7.59. The van der Waals surface area contributed by atoms with Crippen molar-refractivity contribution in [1.29, 1.82) is 0 Å². The van der Waals surface area contributed by atoms with Crippen LogP contribution in [0.2, 0.25) is 0 Å². The van der Waals surface area contributed by atoms with Crippen LogP contribution in [0.15, 0.2) is 45.6 Å². The summed E-state index contributed by atoms with van der Waals surface area (Å²) < 4.78 is 10.6. The van der Waals surface area contributed by atoms with E-state index in [1.807, 2.05) is 30.3 Å². The van der Waals surface area contributed by atoms with Crippen molar-refractivity contribution in [3.8, 4) is 0 Å². The zero-order valence-electron chi connectivity index (χ0n) is 24.9. The summed E-state index contributed by atoms with van der Waals surface area (Å²) in [4.78, 5) is 69.6. The summed E-state index contributed by atoms with van der Waals surface area (Å²) in [7, 11) is 0. The molecule has 2 aromatic carbocycles. The van der Waals surface area contributed by atoms with Crippen LogP contribution in [0.4, 0.5) is 16.5 Å². The number of anilines is 2. The minimum absolute atomic E-state index is 0.0447. The Morgan fingerprint density at radius 1 is 1.20 bits per heavy atom. The second kappa shape index (κ2) is 14.0. The number of fused-ring (bicyclic) bond motifs is 1. The van der Waals surface area contributed by atoms with E-state index in [9.17, 15) is 24.0 Å². The molecule has 13 heteroatoms. The number of aromatic nitrogens is 1. The number of nitrogens with two attached hydrogens (primary N) is 1. The Hall–Kier alpha value is -4.94. The highest BCUT2D eigenvalue weighted by atomic mass is 16.5. The quantitative estimate of drug-likeness (QED) is 0.134. The van der Waals surface area contributed by atoms with Gasteiger partial charge in [-0.25, -0.2) is 9.59 Å². The van der Waals surface area contributed by atoms with Crippen LogP contribution in [0.25, 0.3) is 10.9 Å². The number of alkyl carbamates (subject to hydrolysis) is 1. The van der Waals surface area contributed by atoms with Gasteiger partial charge in [-0.2, -0.15) is 4.98 Å². The van der Waals surface area contributed by atoms with Gasteiger partial charge in [0.25, 0.3) is 6.01 Å². The van der Waals surface area contributed by atoms with Gasteiger partial charge >= 0.3 is 17.7 Å². The molecule has 3 aromatic rings. The number of aliphatic carboxylic acids is 1. The summed E-state index contributed by atoms with van der Waals surface area (Å²) in [5.41, 5.74) is 7.15. The largest absolute Gasteiger partial charge is 0.481 e. The summed E-state index contributed by atoms with van der Waals surface area (Å²) in [5, 5.41) is 14.4. The van der Waals surface area contributed by atoms with Gasteiger partial charge in [-0.05, 0) is 49.3 Å². The van der Waals surface area contributed by atoms with Crippen LogP contribution < -0.4 is 22.0 Å². The maximum atomic E-state index is 13.9. The highest BCUT2D eigenvalue weighted by Crippen LogP contribution is 2.30. The molecule has 1 aromatic heterocycles. The van der Waals surface area contributed by atoms with Crippen LogP contribution in [0.1, 0.15) is 61.0 Å². The zero-order chi connectivity index (χ0) is 32.0. The average molecular weight is 608 g/mol. The number of carboxylic acids is 1. The number of ketones is 1. The summed E-state index contributed by atoms with van der Waals surface area (Å²) in [6.07, 6.45) is 0.438. The minimum atomic E-state index is -0.952. The van der Waals surface area contributed by atoms with Crippen LogP contribution in [0.5, 0.6) is 0 Å². The molecule has 0 spiro atoms. The van der Waals surface area contributed by atoms with Gasteiger partial charge in [-0.1, -0.05) is 44.2 Å². The second-order valence-electron chi connectivity index (χ2n) is 11.1. The first-order valence-electron chi connectivity index (χ1n) is 14.5. The number of likely N-dealkylation sites (tertiary alicyclic amines) is 1. The summed E-state index contributed by atoms with van der Waals surface area (Å²) in [5.74, 6) is -2.05.